The molecule has 1 heterocycles. The third-order valence-electron chi connectivity index (χ3n) is 4.97. The van der Waals surface area contributed by atoms with Crippen molar-refractivity contribution in [2.75, 3.05) is 6.61 Å². The third-order valence-corrected chi connectivity index (χ3v) is 4.97. The number of carbonyl (C=O) groups excluding carboxylic acids is 2. The number of hydrogen-bond acceptors (Lipinski definition) is 4. The molecule has 0 saturated carbocycles. The molecule has 0 saturated heterocycles. The van der Waals surface area contributed by atoms with Gasteiger partial charge in [-0.1, -0.05) is 44.2 Å². The van der Waals surface area contributed by atoms with Crippen LogP contribution in [0, 0.1) is 12.8 Å². The molecule has 3 rings (SSSR count). The van der Waals surface area contributed by atoms with Crippen molar-refractivity contribution in [3.63, 3.8) is 0 Å². The summed E-state index contributed by atoms with van der Waals surface area (Å²) < 4.78 is 7.54. The quantitative estimate of drug-likeness (QED) is 0.406. The highest BCUT2D eigenvalue weighted by Gasteiger charge is 2.29. The monoisotopic (exact) mass is 422 g/mol. The molecule has 7 heteroatoms. The molecule has 162 valence electrons. The largest absolute Gasteiger partial charge is 0.481 e. The van der Waals surface area contributed by atoms with Gasteiger partial charge in [0, 0.05) is 12.2 Å². The van der Waals surface area contributed by atoms with E-state index < -0.39 is 24.3 Å². The lowest BCUT2D eigenvalue weighted by atomic mass is 9.99. The predicted octanol–water partition coefficient (Wildman–Crippen LogP) is 3.33. The van der Waals surface area contributed by atoms with Crippen LogP contribution in [0.5, 0.6) is 5.75 Å². The fraction of sp³-hybridized carbons (Fsp3) is 0.292. The van der Waals surface area contributed by atoms with Gasteiger partial charge in [-0.3, -0.25) is 9.59 Å². The maximum Gasteiger partial charge on any atom is 0.341 e. The summed E-state index contributed by atoms with van der Waals surface area (Å²) in [4.78, 5) is 36.0. The van der Waals surface area contributed by atoms with E-state index >= 15 is 0 Å². The number of carboxylic acid groups (broad SMARTS) is 1. The molecule has 7 nitrogen and oxygen atoms in total. The first kappa shape index (κ1) is 22.1. The van der Waals surface area contributed by atoms with Crippen molar-refractivity contribution in [2.45, 2.75) is 33.7 Å². The van der Waals surface area contributed by atoms with Gasteiger partial charge in [-0.15, -0.1) is 0 Å². The molecule has 3 aromatic rings. The zero-order chi connectivity index (χ0) is 22.7. The smallest absolute Gasteiger partial charge is 0.341 e. The van der Waals surface area contributed by atoms with E-state index in [1.807, 2.05) is 61.7 Å². The molecule has 0 aliphatic carbocycles. The van der Waals surface area contributed by atoms with Gasteiger partial charge in [0.05, 0.1) is 16.5 Å². The lowest BCUT2D eigenvalue weighted by Gasteiger charge is -2.14. The van der Waals surface area contributed by atoms with Crippen molar-refractivity contribution >= 4 is 28.6 Å². The maximum absolute atomic E-state index is 12.9. The summed E-state index contributed by atoms with van der Waals surface area (Å²) in [6, 6.07) is 13.4. The first-order chi connectivity index (χ1) is 14.7. The number of fused-ring (bicyclic) bond motifs is 1. The number of hydrogen-bond donors (Lipinski definition) is 2. The van der Waals surface area contributed by atoms with Gasteiger partial charge in [-0.05, 0) is 42.5 Å². The Hall–Kier alpha value is -3.61. The number of amides is 1. The van der Waals surface area contributed by atoms with E-state index in [2.05, 4.69) is 0 Å². The lowest BCUT2D eigenvalue weighted by Crippen LogP contribution is -2.25. The molecule has 2 aromatic carbocycles. The van der Waals surface area contributed by atoms with Crippen LogP contribution in [0.3, 0.4) is 0 Å². The maximum atomic E-state index is 12.9. The summed E-state index contributed by atoms with van der Waals surface area (Å²) >= 11 is 0. The summed E-state index contributed by atoms with van der Waals surface area (Å²) in [5.41, 5.74) is 8.83. The number of primary amides is 1. The van der Waals surface area contributed by atoms with Crippen LogP contribution in [0.15, 0.2) is 42.5 Å². The van der Waals surface area contributed by atoms with Gasteiger partial charge in [0.1, 0.15) is 5.75 Å². The highest BCUT2D eigenvalue weighted by atomic mass is 16.5. The van der Waals surface area contributed by atoms with E-state index in [9.17, 15) is 14.4 Å². The summed E-state index contributed by atoms with van der Waals surface area (Å²) in [5, 5.41) is 9.50. The number of carboxylic acids is 1. The van der Waals surface area contributed by atoms with Crippen molar-refractivity contribution in [2.24, 2.45) is 11.7 Å². The molecule has 0 radical (unpaired) electrons. The van der Waals surface area contributed by atoms with Crippen LogP contribution in [0.4, 0.5) is 0 Å². The van der Waals surface area contributed by atoms with Gasteiger partial charge in [0.25, 0.3) is 11.7 Å². The summed E-state index contributed by atoms with van der Waals surface area (Å²) in [5.74, 6) is -2.56. The van der Waals surface area contributed by atoms with Crippen LogP contribution in [-0.2, 0) is 22.6 Å². The number of nitrogens with zero attached hydrogens (tertiary/aromatic N) is 1. The van der Waals surface area contributed by atoms with Crippen LogP contribution in [0.25, 0.3) is 10.9 Å². The van der Waals surface area contributed by atoms with E-state index in [1.165, 1.54) is 0 Å². The predicted molar refractivity (Wildman–Crippen MR) is 117 cm³/mol. The topological polar surface area (TPSA) is 112 Å². The van der Waals surface area contributed by atoms with E-state index in [0.29, 0.717) is 29.6 Å². The summed E-state index contributed by atoms with van der Waals surface area (Å²) in [6.45, 7) is 5.83. The Bertz CT molecular complexity index is 1150. The van der Waals surface area contributed by atoms with Crippen molar-refractivity contribution in [1.82, 2.24) is 4.57 Å². The number of ketones is 1. The molecule has 0 bridgehead atoms. The van der Waals surface area contributed by atoms with Gasteiger partial charge in [-0.2, -0.15) is 0 Å². The number of carbonyl (C=O) groups is 3. The number of aromatic nitrogens is 1. The van der Waals surface area contributed by atoms with Crippen LogP contribution in [0.1, 0.15) is 41.0 Å². The minimum Gasteiger partial charge on any atom is -0.481 e. The SMILES string of the molecule is Cc1cc(OCC(=O)O)c2c(C(=O)C(N)=O)c(CC(C)C)n(Cc3ccccc3)c2c1. The average Bonchev–Trinajstić information content (AvgIpc) is 2.98. The standard InChI is InChI=1S/C24H26N2O5/c1-14(2)9-17-22(23(29)24(25)30)21-18(26(17)12-16-7-5-4-6-8-16)10-15(3)11-19(21)31-13-20(27)28/h4-8,10-11,14H,9,12-13H2,1-3H3,(H2,25,30)(H,27,28). The minimum atomic E-state index is -1.14. The zero-order valence-electron chi connectivity index (χ0n) is 17.8. The molecule has 0 unspecified atom stereocenters. The number of benzene rings is 2. The summed E-state index contributed by atoms with van der Waals surface area (Å²) in [7, 11) is 0. The Kier molecular flexibility index (Phi) is 6.44. The second-order valence-electron chi connectivity index (χ2n) is 8.02. The molecule has 0 atom stereocenters. The molecular formula is C24H26N2O5. The fourth-order valence-corrected chi connectivity index (χ4v) is 3.79. The fourth-order valence-electron chi connectivity index (χ4n) is 3.79. The highest BCUT2D eigenvalue weighted by molar-refractivity contribution is 6.45. The minimum absolute atomic E-state index is 0.188. The van der Waals surface area contributed by atoms with Crippen molar-refractivity contribution in [3.05, 3.63) is 64.8 Å². The first-order valence-corrected chi connectivity index (χ1v) is 10.1. The van der Waals surface area contributed by atoms with Gasteiger partial charge in [0.2, 0.25) is 0 Å². The normalized spacial score (nSPS) is 11.1. The number of Topliss-reactive ketones (excluding diaryl/α,β-unsaturated/α-hetero) is 1. The van der Waals surface area contributed by atoms with Gasteiger partial charge in [0.15, 0.2) is 6.61 Å². The molecule has 31 heavy (non-hydrogen) atoms. The van der Waals surface area contributed by atoms with E-state index in [-0.39, 0.29) is 17.2 Å². The number of rotatable bonds is 9. The van der Waals surface area contributed by atoms with Crippen LogP contribution in [0.2, 0.25) is 0 Å². The van der Waals surface area contributed by atoms with Crippen molar-refractivity contribution in [1.29, 1.82) is 0 Å². The number of nitrogens with two attached hydrogens (primary N) is 1. The van der Waals surface area contributed by atoms with Gasteiger partial charge < -0.3 is 20.1 Å². The molecule has 3 N–H and O–H groups in total. The number of aryl methyl sites for hydroxylation is 1. The van der Waals surface area contributed by atoms with Crippen molar-refractivity contribution < 1.29 is 24.2 Å². The van der Waals surface area contributed by atoms with Crippen LogP contribution in [-0.4, -0.2) is 33.9 Å². The second kappa shape index (κ2) is 9.04. The second-order valence-corrected chi connectivity index (χ2v) is 8.02. The Morgan fingerprint density at radius 3 is 2.39 bits per heavy atom. The van der Waals surface area contributed by atoms with Gasteiger partial charge in [-0.25, -0.2) is 4.79 Å². The van der Waals surface area contributed by atoms with Crippen LogP contribution < -0.4 is 10.5 Å². The number of aliphatic carboxylic acids is 1. The van der Waals surface area contributed by atoms with E-state index in [1.54, 1.807) is 6.07 Å². The Labute approximate surface area is 180 Å². The molecule has 0 fully saturated rings. The Morgan fingerprint density at radius 1 is 1.13 bits per heavy atom. The van der Waals surface area contributed by atoms with Crippen molar-refractivity contribution in [3.8, 4) is 5.75 Å². The first-order valence-electron chi connectivity index (χ1n) is 10.1. The van der Waals surface area contributed by atoms with Crippen LogP contribution >= 0.6 is 0 Å². The molecule has 1 amide bonds. The average molecular weight is 422 g/mol. The van der Waals surface area contributed by atoms with E-state index in [4.69, 9.17) is 15.6 Å². The molecule has 0 aliphatic heterocycles. The zero-order valence-corrected chi connectivity index (χ0v) is 17.8. The molecule has 0 aliphatic rings. The summed E-state index contributed by atoms with van der Waals surface area (Å²) in [6.07, 6.45) is 0.535. The third kappa shape index (κ3) is 4.77. The number of ether oxygens (including phenoxy) is 1. The molecule has 1 aromatic heterocycles. The van der Waals surface area contributed by atoms with E-state index in [0.717, 1.165) is 11.1 Å². The molecular weight excluding hydrogens is 396 g/mol. The molecule has 0 spiro atoms. The highest BCUT2D eigenvalue weighted by Crippen LogP contribution is 2.37. The van der Waals surface area contributed by atoms with Gasteiger partial charge >= 0.3 is 5.97 Å². The lowest BCUT2D eigenvalue weighted by molar-refractivity contribution is -0.139. The Balaban J connectivity index is 2.37. The Morgan fingerprint density at radius 2 is 1.81 bits per heavy atom.